The van der Waals surface area contributed by atoms with Crippen LogP contribution >= 0.6 is 22.6 Å². The Morgan fingerprint density at radius 3 is 2.64 bits per heavy atom. The molecule has 1 amide bonds. The number of carbonyl (C=O) groups excluding carboxylic acids is 1. The maximum absolute atomic E-state index is 12.6. The normalized spacial score (nSPS) is 12.4. The highest BCUT2D eigenvalue weighted by atomic mass is 127. The van der Waals surface area contributed by atoms with E-state index in [1.54, 1.807) is 26.4 Å². The Labute approximate surface area is 159 Å². The summed E-state index contributed by atoms with van der Waals surface area (Å²) in [5.74, 6) is 2.31. The van der Waals surface area contributed by atoms with Gasteiger partial charge in [0.1, 0.15) is 13.2 Å². The first-order chi connectivity index (χ1) is 12.1. The van der Waals surface area contributed by atoms with E-state index in [9.17, 15) is 4.79 Å². The molecule has 0 bridgehead atoms. The molecule has 0 aromatic heterocycles. The number of halogens is 1. The van der Waals surface area contributed by atoms with Gasteiger partial charge in [-0.15, -0.1) is 0 Å². The molecule has 1 heterocycles. The average Bonchev–Trinajstić information content (AvgIpc) is 2.65. The van der Waals surface area contributed by atoms with Crippen molar-refractivity contribution in [1.82, 2.24) is 5.32 Å². The molecule has 0 saturated heterocycles. The van der Waals surface area contributed by atoms with Crippen molar-refractivity contribution in [1.29, 1.82) is 0 Å². The Hall–Kier alpha value is -2.16. The van der Waals surface area contributed by atoms with E-state index in [-0.39, 0.29) is 5.91 Å². The van der Waals surface area contributed by atoms with Crippen LogP contribution in [0.4, 0.5) is 0 Å². The van der Waals surface area contributed by atoms with Gasteiger partial charge < -0.3 is 24.3 Å². The molecule has 0 spiro atoms. The van der Waals surface area contributed by atoms with Crippen LogP contribution in [0.15, 0.2) is 30.3 Å². The van der Waals surface area contributed by atoms with Crippen LogP contribution in [0.3, 0.4) is 0 Å². The first-order valence-electron chi connectivity index (χ1n) is 7.71. The Balaban J connectivity index is 1.78. The van der Waals surface area contributed by atoms with Crippen molar-refractivity contribution < 1.29 is 23.7 Å². The molecule has 1 aliphatic rings. The molecule has 7 heteroatoms. The lowest BCUT2D eigenvalue weighted by Gasteiger charge is -2.21. The molecule has 6 nitrogen and oxygen atoms in total. The summed E-state index contributed by atoms with van der Waals surface area (Å²) in [6.07, 6.45) is 0. The molecule has 25 heavy (non-hydrogen) atoms. The molecule has 0 atom stereocenters. The third kappa shape index (κ3) is 3.76. The van der Waals surface area contributed by atoms with Crippen LogP contribution in [0.25, 0.3) is 0 Å². The maximum Gasteiger partial charge on any atom is 0.252 e. The second-order valence-corrected chi connectivity index (χ2v) is 6.47. The summed E-state index contributed by atoms with van der Waals surface area (Å²) in [5, 5.41) is 2.92. The molecule has 1 aliphatic heterocycles. The van der Waals surface area contributed by atoms with Crippen molar-refractivity contribution >= 4 is 28.5 Å². The quantitative estimate of drug-likeness (QED) is 0.703. The van der Waals surface area contributed by atoms with Crippen molar-refractivity contribution in [2.75, 3.05) is 27.4 Å². The number of carbonyl (C=O) groups is 1. The first kappa shape index (κ1) is 17.7. The third-order valence-electron chi connectivity index (χ3n) is 3.81. The Kier molecular flexibility index (Phi) is 5.52. The van der Waals surface area contributed by atoms with Gasteiger partial charge in [-0.2, -0.15) is 0 Å². The molecule has 132 valence electrons. The van der Waals surface area contributed by atoms with Crippen molar-refractivity contribution in [3.8, 4) is 23.0 Å². The van der Waals surface area contributed by atoms with Crippen molar-refractivity contribution in [2.45, 2.75) is 6.54 Å². The van der Waals surface area contributed by atoms with Gasteiger partial charge >= 0.3 is 0 Å². The molecule has 2 aromatic carbocycles. The van der Waals surface area contributed by atoms with Gasteiger partial charge in [-0.05, 0) is 40.8 Å². The number of ether oxygens (including phenoxy) is 4. The molecule has 0 fully saturated rings. The number of para-hydroxylation sites is 1. The topological polar surface area (TPSA) is 66.0 Å². The van der Waals surface area contributed by atoms with E-state index < -0.39 is 0 Å². The molecule has 2 aromatic rings. The average molecular weight is 455 g/mol. The molecule has 0 unspecified atom stereocenters. The molecular weight excluding hydrogens is 437 g/mol. The number of rotatable bonds is 5. The van der Waals surface area contributed by atoms with Crippen LogP contribution < -0.4 is 24.3 Å². The second kappa shape index (κ2) is 7.81. The number of fused-ring (bicyclic) bond motifs is 1. The number of hydrogen-bond donors (Lipinski definition) is 1. The largest absolute Gasteiger partial charge is 0.493 e. The zero-order valence-corrected chi connectivity index (χ0v) is 16.1. The van der Waals surface area contributed by atoms with Crippen LogP contribution in [-0.4, -0.2) is 33.3 Å². The maximum atomic E-state index is 12.6. The second-order valence-electron chi connectivity index (χ2n) is 5.31. The highest BCUT2D eigenvalue weighted by Crippen LogP contribution is 2.34. The SMILES string of the molecule is COc1cc(I)c(C(=O)NCc2cccc3c2OCCO3)cc1OC. The number of hydrogen-bond acceptors (Lipinski definition) is 5. The number of benzene rings is 2. The fourth-order valence-electron chi connectivity index (χ4n) is 2.57. The van der Waals surface area contributed by atoms with Gasteiger partial charge in [0, 0.05) is 15.7 Å². The third-order valence-corrected chi connectivity index (χ3v) is 4.70. The van der Waals surface area contributed by atoms with Crippen molar-refractivity contribution in [3.05, 3.63) is 45.0 Å². The van der Waals surface area contributed by atoms with Gasteiger partial charge in [-0.1, -0.05) is 12.1 Å². The summed E-state index contributed by atoms with van der Waals surface area (Å²) in [4.78, 5) is 12.6. The van der Waals surface area contributed by atoms with E-state index >= 15 is 0 Å². The summed E-state index contributed by atoms with van der Waals surface area (Å²) in [5.41, 5.74) is 1.40. The smallest absolute Gasteiger partial charge is 0.252 e. The highest BCUT2D eigenvalue weighted by molar-refractivity contribution is 14.1. The Morgan fingerprint density at radius 1 is 1.16 bits per heavy atom. The molecule has 1 N–H and O–H groups in total. The summed E-state index contributed by atoms with van der Waals surface area (Å²) in [6.45, 7) is 1.38. The fraction of sp³-hybridized carbons (Fsp3) is 0.278. The van der Waals surface area contributed by atoms with Crippen LogP contribution in [0, 0.1) is 3.57 Å². The lowest BCUT2D eigenvalue weighted by atomic mass is 10.1. The monoisotopic (exact) mass is 455 g/mol. The molecule has 0 saturated carbocycles. The fourth-order valence-corrected chi connectivity index (χ4v) is 3.26. The predicted molar refractivity (Wildman–Crippen MR) is 101 cm³/mol. The highest BCUT2D eigenvalue weighted by Gasteiger charge is 2.18. The van der Waals surface area contributed by atoms with Crippen molar-refractivity contribution in [3.63, 3.8) is 0 Å². The molecule has 0 radical (unpaired) electrons. The van der Waals surface area contributed by atoms with E-state index in [2.05, 4.69) is 27.9 Å². The van der Waals surface area contributed by atoms with Crippen LogP contribution in [0.5, 0.6) is 23.0 Å². The standard InChI is InChI=1S/C18H18INO5/c1-22-15-8-12(13(19)9-16(15)23-2)18(21)20-10-11-4-3-5-14-17(11)25-7-6-24-14/h3-5,8-9H,6-7,10H2,1-2H3,(H,20,21). The molecular formula is C18H18INO5. The van der Waals surface area contributed by atoms with Crippen LogP contribution in [0.2, 0.25) is 0 Å². The van der Waals surface area contributed by atoms with Gasteiger partial charge in [0.25, 0.3) is 5.91 Å². The zero-order valence-electron chi connectivity index (χ0n) is 13.9. The Morgan fingerprint density at radius 2 is 1.88 bits per heavy atom. The number of nitrogens with one attached hydrogen (secondary N) is 1. The van der Waals surface area contributed by atoms with E-state index in [1.165, 1.54) is 0 Å². The molecule has 0 aliphatic carbocycles. The van der Waals surface area contributed by atoms with Crippen molar-refractivity contribution in [2.24, 2.45) is 0 Å². The predicted octanol–water partition coefficient (Wildman–Crippen LogP) is 3.01. The van der Waals surface area contributed by atoms with Gasteiger partial charge in [0.15, 0.2) is 23.0 Å². The minimum absolute atomic E-state index is 0.195. The minimum atomic E-state index is -0.195. The molecule has 3 rings (SSSR count). The summed E-state index contributed by atoms with van der Waals surface area (Å²) in [6, 6.07) is 9.10. The number of amides is 1. The Bertz CT molecular complexity index is 793. The summed E-state index contributed by atoms with van der Waals surface area (Å²) >= 11 is 2.11. The van der Waals surface area contributed by atoms with E-state index in [0.29, 0.717) is 48.3 Å². The summed E-state index contributed by atoms with van der Waals surface area (Å²) < 4.78 is 22.5. The summed E-state index contributed by atoms with van der Waals surface area (Å²) in [7, 11) is 3.11. The van der Waals surface area contributed by atoms with Gasteiger partial charge in [0.05, 0.1) is 19.8 Å². The minimum Gasteiger partial charge on any atom is -0.493 e. The van der Waals surface area contributed by atoms with E-state index in [1.807, 2.05) is 18.2 Å². The van der Waals surface area contributed by atoms with E-state index in [0.717, 1.165) is 9.13 Å². The van der Waals surface area contributed by atoms with Crippen LogP contribution in [-0.2, 0) is 6.54 Å². The van der Waals surface area contributed by atoms with Crippen LogP contribution in [0.1, 0.15) is 15.9 Å². The van der Waals surface area contributed by atoms with Gasteiger partial charge in [-0.3, -0.25) is 4.79 Å². The van der Waals surface area contributed by atoms with Gasteiger partial charge in [0.2, 0.25) is 0 Å². The lowest BCUT2D eigenvalue weighted by Crippen LogP contribution is -2.25. The first-order valence-corrected chi connectivity index (χ1v) is 8.79. The number of methoxy groups -OCH3 is 2. The van der Waals surface area contributed by atoms with Gasteiger partial charge in [-0.25, -0.2) is 0 Å². The lowest BCUT2D eigenvalue weighted by molar-refractivity contribution is 0.0948. The van der Waals surface area contributed by atoms with E-state index in [4.69, 9.17) is 18.9 Å². The zero-order chi connectivity index (χ0) is 17.8.